The van der Waals surface area contributed by atoms with Gasteiger partial charge in [0.2, 0.25) is 5.88 Å². The first-order valence-corrected chi connectivity index (χ1v) is 15.4. The second-order valence-corrected chi connectivity index (χ2v) is 12.5. The standard InChI is InChI=1S/C39H31F3N4O2.Pt/c1-24-36(25-13-15-26(16-14-25)38(2,3)4)37(47-5)46(44-24)28-9-8-10-29(22-28)48-30-17-18-32-31-11-6-7-12-33(31)45(34(32)23-30)35-21-27(19-20-43-35)39(40,41)42;/h6-21H,1-5H3;/q-2;+2. The summed E-state index contributed by atoms with van der Waals surface area (Å²) in [7, 11) is 1.61. The van der Waals surface area contributed by atoms with E-state index in [9.17, 15) is 13.2 Å². The van der Waals surface area contributed by atoms with Gasteiger partial charge in [0, 0.05) is 23.2 Å². The minimum absolute atomic E-state index is 0. The van der Waals surface area contributed by atoms with Crippen LogP contribution in [-0.2, 0) is 32.7 Å². The van der Waals surface area contributed by atoms with E-state index in [0.717, 1.165) is 45.9 Å². The van der Waals surface area contributed by atoms with Crippen LogP contribution in [-0.4, -0.2) is 26.4 Å². The predicted octanol–water partition coefficient (Wildman–Crippen LogP) is 10.1. The fourth-order valence-corrected chi connectivity index (χ4v) is 5.95. The number of pyridine rings is 1. The van der Waals surface area contributed by atoms with Gasteiger partial charge in [0.05, 0.1) is 23.9 Å². The zero-order chi connectivity index (χ0) is 33.8. The average Bonchev–Trinajstić information content (AvgIpc) is 3.58. The number of hydrogen-bond acceptors (Lipinski definition) is 4. The molecule has 0 spiro atoms. The SMILES string of the molecule is COc1c(-c2ccc(C(C)(C)C)cc2)c(C)nn1-c1[c-]c(Oc2[c-]c3c(cc2)c2ccccc2n3-c2cc(C(F)(F)F)ccn2)ccc1.[Pt+2]. The topological polar surface area (TPSA) is 54.1 Å². The van der Waals surface area contributed by atoms with Crippen LogP contribution in [0.4, 0.5) is 13.2 Å². The van der Waals surface area contributed by atoms with Gasteiger partial charge < -0.3 is 14.0 Å². The van der Waals surface area contributed by atoms with E-state index >= 15 is 0 Å². The Balaban J connectivity index is 0.00000417. The van der Waals surface area contributed by atoms with Crippen molar-refractivity contribution in [3.8, 4) is 40.0 Å². The normalized spacial score (nSPS) is 11.9. The zero-order valence-electron chi connectivity index (χ0n) is 27.3. The molecule has 7 rings (SSSR count). The van der Waals surface area contributed by atoms with Crippen LogP contribution in [0, 0.1) is 19.1 Å². The first-order valence-electron chi connectivity index (χ1n) is 15.4. The molecule has 6 nitrogen and oxygen atoms in total. The van der Waals surface area contributed by atoms with Gasteiger partial charge >= 0.3 is 27.2 Å². The van der Waals surface area contributed by atoms with E-state index in [1.165, 1.54) is 5.56 Å². The molecule has 0 atom stereocenters. The van der Waals surface area contributed by atoms with E-state index in [0.29, 0.717) is 34.1 Å². The van der Waals surface area contributed by atoms with Gasteiger partial charge in [0.25, 0.3) is 0 Å². The maximum Gasteiger partial charge on any atom is 2.00 e. The number of aryl methyl sites for hydroxylation is 1. The second kappa shape index (κ2) is 12.9. The van der Waals surface area contributed by atoms with Crippen molar-refractivity contribution in [1.82, 2.24) is 19.3 Å². The number of hydrogen-bond donors (Lipinski definition) is 0. The molecule has 4 aromatic carbocycles. The summed E-state index contributed by atoms with van der Waals surface area (Å²) in [5.41, 5.74) is 4.98. The molecule has 0 fully saturated rings. The molecule has 0 aliphatic carbocycles. The van der Waals surface area contributed by atoms with Crippen molar-refractivity contribution < 1.29 is 43.7 Å². The van der Waals surface area contributed by atoms with E-state index < -0.39 is 11.7 Å². The minimum Gasteiger partial charge on any atom is -0.509 e. The third kappa shape index (κ3) is 6.35. The summed E-state index contributed by atoms with van der Waals surface area (Å²) >= 11 is 0. The number of para-hydroxylation sites is 1. The van der Waals surface area contributed by atoms with Gasteiger partial charge in [-0.1, -0.05) is 68.8 Å². The van der Waals surface area contributed by atoms with Gasteiger partial charge in [0.1, 0.15) is 5.82 Å². The van der Waals surface area contributed by atoms with Crippen molar-refractivity contribution in [2.24, 2.45) is 0 Å². The molecular formula is C39H31F3N4O2Pt. The van der Waals surface area contributed by atoms with Crippen LogP contribution >= 0.6 is 0 Å². The average molecular weight is 840 g/mol. The number of ether oxygens (including phenoxy) is 2. The van der Waals surface area contributed by atoms with Gasteiger partial charge in [-0.15, -0.1) is 35.7 Å². The fraction of sp³-hybridized carbons (Fsp3) is 0.179. The van der Waals surface area contributed by atoms with Gasteiger partial charge in [-0.3, -0.25) is 0 Å². The fourth-order valence-electron chi connectivity index (χ4n) is 5.95. The number of aromatic nitrogens is 4. The van der Waals surface area contributed by atoms with Crippen LogP contribution < -0.4 is 9.47 Å². The van der Waals surface area contributed by atoms with Gasteiger partial charge in [0.15, 0.2) is 0 Å². The van der Waals surface area contributed by atoms with Crippen LogP contribution in [0.15, 0.2) is 97.2 Å². The molecule has 0 saturated carbocycles. The summed E-state index contributed by atoms with van der Waals surface area (Å²) in [5, 5.41) is 6.44. The summed E-state index contributed by atoms with van der Waals surface area (Å²) in [5.74, 6) is 1.45. The van der Waals surface area contributed by atoms with E-state index in [2.05, 4.69) is 62.2 Å². The number of fused-ring (bicyclic) bond motifs is 3. The summed E-state index contributed by atoms with van der Waals surface area (Å²) in [6, 6.07) is 33.6. The molecule has 0 aliphatic rings. The zero-order valence-corrected chi connectivity index (χ0v) is 29.6. The van der Waals surface area contributed by atoms with Crippen molar-refractivity contribution in [2.45, 2.75) is 39.3 Å². The summed E-state index contributed by atoms with van der Waals surface area (Å²) < 4.78 is 56.4. The van der Waals surface area contributed by atoms with Gasteiger partial charge in [-0.2, -0.15) is 30.4 Å². The second-order valence-electron chi connectivity index (χ2n) is 12.5. The Hall–Kier alpha value is -4.88. The van der Waals surface area contributed by atoms with Crippen molar-refractivity contribution in [3.63, 3.8) is 0 Å². The Bertz CT molecular complexity index is 2300. The monoisotopic (exact) mass is 839 g/mol. The van der Waals surface area contributed by atoms with Crippen LogP contribution in [0.5, 0.6) is 17.4 Å². The quantitative estimate of drug-likeness (QED) is 0.157. The maximum absolute atomic E-state index is 13.6. The largest absolute Gasteiger partial charge is 2.00 e. The Kier molecular flexibility index (Phi) is 8.92. The molecule has 49 heavy (non-hydrogen) atoms. The molecule has 0 amide bonds. The van der Waals surface area contributed by atoms with E-state index in [4.69, 9.17) is 14.6 Å². The van der Waals surface area contributed by atoms with Gasteiger partial charge in [-0.05, 0) is 52.7 Å². The van der Waals surface area contributed by atoms with Crippen LogP contribution in [0.2, 0.25) is 0 Å². The number of halogens is 3. The summed E-state index contributed by atoms with van der Waals surface area (Å²) in [6.07, 6.45) is -3.35. The number of rotatable bonds is 6. The molecule has 0 radical (unpaired) electrons. The van der Waals surface area contributed by atoms with Crippen molar-refractivity contribution in [3.05, 3.63) is 126 Å². The molecule has 3 heterocycles. The number of benzene rings is 4. The van der Waals surface area contributed by atoms with E-state index in [1.54, 1.807) is 28.5 Å². The maximum atomic E-state index is 13.6. The molecule has 7 aromatic rings. The molecular weight excluding hydrogens is 809 g/mol. The van der Waals surface area contributed by atoms with E-state index in [-0.39, 0.29) is 32.3 Å². The third-order valence-electron chi connectivity index (χ3n) is 8.31. The molecule has 3 aromatic heterocycles. The molecule has 250 valence electrons. The molecule has 0 N–H and O–H groups in total. The molecule has 0 unspecified atom stereocenters. The Morgan fingerprint density at radius 3 is 2.22 bits per heavy atom. The number of nitrogens with zero attached hydrogens (tertiary/aromatic N) is 4. The van der Waals surface area contributed by atoms with Crippen LogP contribution in [0.1, 0.15) is 37.6 Å². The third-order valence-corrected chi connectivity index (χ3v) is 8.31. The van der Waals surface area contributed by atoms with Crippen LogP contribution in [0.25, 0.3) is 44.4 Å². The molecule has 0 aliphatic heterocycles. The summed E-state index contributed by atoms with van der Waals surface area (Å²) in [4.78, 5) is 4.29. The summed E-state index contributed by atoms with van der Waals surface area (Å²) in [6.45, 7) is 8.48. The Morgan fingerprint density at radius 1 is 0.776 bits per heavy atom. The van der Waals surface area contributed by atoms with Crippen LogP contribution in [0.3, 0.4) is 0 Å². The Labute approximate surface area is 296 Å². The molecule has 10 heteroatoms. The van der Waals surface area contributed by atoms with Crippen molar-refractivity contribution >= 4 is 21.8 Å². The van der Waals surface area contributed by atoms with Gasteiger partial charge in [-0.25, -0.2) is 9.67 Å². The van der Waals surface area contributed by atoms with Crippen molar-refractivity contribution in [1.29, 1.82) is 0 Å². The van der Waals surface area contributed by atoms with E-state index in [1.807, 2.05) is 49.4 Å². The number of methoxy groups -OCH3 is 1. The molecule has 0 saturated heterocycles. The first-order chi connectivity index (χ1) is 22.9. The minimum atomic E-state index is -4.51. The number of alkyl halides is 3. The molecule has 0 bridgehead atoms. The Morgan fingerprint density at radius 2 is 1.51 bits per heavy atom. The first kappa shape index (κ1) is 34.0. The predicted molar refractivity (Wildman–Crippen MR) is 180 cm³/mol. The smallest absolute Gasteiger partial charge is 0.509 e. The van der Waals surface area contributed by atoms with Crippen molar-refractivity contribution in [2.75, 3.05) is 7.11 Å².